The summed E-state index contributed by atoms with van der Waals surface area (Å²) >= 11 is 0. The number of β-amino-alcohol motifs (C(OH)–C–C–N with tert-alkyl or cyclic N) is 1. The summed E-state index contributed by atoms with van der Waals surface area (Å²) < 4.78 is 5.33. The molecule has 3 rings (SSSR count). The molecule has 1 N–H and O–H groups in total. The molecule has 0 radical (unpaired) electrons. The zero-order valence-electron chi connectivity index (χ0n) is 12.0. The van der Waals surface area contributed by atoms with E-state index in [1.54, 1.807) is 9.80 Å². The van der Waals surface area contributed by atoms with Crippen LogP contribution in [-0.2, 0) is 4.79 Å². The monoisotopic (exact) mass is 293 g/mol. The lowest BCUT2D eigenvalue weighted by Gasteiger charge is -2.20. The maximum absolute atomic E-state index is 12.6. The van der Waals surface area contributed by atoms with Crippen LogP contribution in [0.15, 0.2) is 10.8 Å². The Morgan fingerprint density at radius 2 is 1.95 bits per heavy atom. The van der Waals surface area contributed by atoms with Gasteiger partial charge in [0.2, 0.25) is 5.91 Å². The molecule has 1 atom stereocenters. The van der Waals surface area contributed by atoms with Gasteiger partial charge in [0.1, 0.15) is 5.76 Å². The number of hydrogen-bond acceptors (Lipinski definition) is 5. The highest BCUT2D eigenvalue weighted by molar-refractivity contribution is 5.93. The van der Waals surface area contributed by atoms with E-state index in [0.717, 1.165) is 12.8 Å². The summed E-state index contributed by atoms with van der Waals surface area (Å²) in [6.45, 7) is 2.75. The van der Waals surface area contributed by atoms with Crippen LogP contribution in [0.4, 0.5) is 0 Å². The Labute approximate surface area is 122 Å². The minimum Gasteiger partial charge on any atom is -0.447 e. The first-order chi connectivity index (χ1) is 10.1. The highest BCUT2D eigenvalue weighted by atomic mass is 16.3. The second-order valence-corrected chi connectivity index (χ2v) is 5.71. The summed E-state index contributed by atoms with van der Waals surface area (Å²) in [6, 6.07) is 0. The predicted octanol–water partition coefficient (Wildman–Crippen LogP) is 0.217. The summed E-state index contributed by atoms with van der Waals surface area (Å²) in [4.78, 5) is 31.2. The van der Waals surface area contributed by atoms with Gasteiger partial charge in [-0.1, -0.05) is 0 Å². The van der Waals surface area contributed by atoms with Crippen molar-refractivity contribution in [2.45, 2.75) is 31.8 Å². The molecular formula is C14H19N3O4. The molecule has 1 saturated carbocycles. The molecule has 0 aromatic carbocycles. The van der Waals surface area contributed by atoms with E-state index in [1.807, 2.05) is 0 Å². The Hall–Kier alpha value is -1.89. The minimum atomic E-state index is -0.739. The van der Waals surface area contributed by atoms with Gasteiger partial charge < -0.3 is 19.3 Å². The molecule has 7 nitrogen and oxygen atoms in total. The van der Waals surface area contributed by atoms with Crippen LogP contribution in [0.1, 0.15) is 41.9 Å². The highest BCUT2D eigenvalue weighted by Crippen LogP contribution is 2.41. The first kappa shape index (κ1) is 14.1. The number of nitrogens with zero attached hydrogens (tertiary/aromatic N) is 3. The summed E-state index contributed by atoms with van der Waals surface area (Å²) in [7, 11) is 0. The van der Waals surface area contributed by atoms with E-state index in [4.69, 9.17) is 4.42 Å². The van der Waals surface area contributed by atoms with Gasteiger partial charge in [-0.25, -0.2) is 4.98 Å². The molecular weight excluding hydrogens is 274 g/mol. The van der Waals surface area contributed by atoms with Crippen molar-refractivity contribution in [2.75, 3.05) is 26.2 Å². The van der Waals surface area contributed by atoms with Crippen molar-refractivity contribution < 1.29 is 19.1 Å². The first-order valence-corrected chi connectivity index (χ1v) is 7.22. The van der Waals surface area contributed by atoms with Crippen molar-refractivity contribution >= 4 is 11.8 Å². The van der Waals surface area contributed by atoms with Gasteiger partial charge in [0.05, 0.1) is 6.10 Å². The number of hydrogen-bond donors (Lipinski definition) is 1. The SMILES string of the molecule is CC(=O)N1CCN(C(=O)c2ncoc2C2CC2)C[C@@H](O)C1. The molecule has 21 heavy (non-hydrogen) atoms. The van der Waals surface area contributed by atoms with Crippen LogP contribution >= 0.6 is 0 Å². The molecule has 1 aliphatic heterocycles. The van der Waals surface area contributed by atoms with Crippen molar-refractivity contribution in [3.05, 3.63) is 17.8 Å². The van der Waals surface area contributed by atoms with E-state index in [9.17, 15) is 14.7 Å². The molecule has 7 heteroatoms. The molecule has 0 bridgehead atoms. The molecule has 2 aliphatic rings. The first-order valence-electron chi connectivity index (χ1n) is 7.22. The summed E-state index contributed by atoms with van der Waals surface area (Å²) in [6.07, 6.45) is 2.61. The van der Waals surface area contributed by atoms with Crippen LogP contribution in [0.5, 0.6) is 0 Å². The standard InChI is InChI=1S/C14H19N3O4/c1-9(18)16-4-5-17(7-11(19)6-16)14(20)12-13(10-2-3-10)21-8-15-12/h8,10-11,19H,2-7H2,1H3/t11-/m0/s1. The lowest BCUT2D eigenvalue weighted by Crippen LogP contribution is -2.38. The van der Waals surface area contributed by atoms with Crippen LogP contribution in [0.2, 0.25) is 0 Å². The summed E-state index contributed by atoms with van der Waals surface area (Å²) in [5, 5.41) is 9.98. The highest BCUT2D eigenvalue weighted by Gasteiger charge is 2.35. The number of aliphatic hydroxyl groups is 1. The van der Waals surface area contributed by atoms with E-state index in [1.165, 1.54) is 13.3 Å². The smallest absolute Gasteiger partial charge is 0.276 e. The minimum absolute atomic E-state index is 0.0940. The number of rotatable bonds is 2. The molecule has 2 heterocycles. The molecule has 2 amide bonds. The fourth-order valence-corrected chi connectivity index (χ4v) is 2.66. The topological polar surface area (TPSA) is 86.9 Å². The molecule has 0 unspecified atom stereocenters. The molecule has 1 saturated heterocycles. The maximum atomic E-state index is 12.6. The lowest BCUT2D eigenvalue weighted by atomic mass is 10.2. The molecule has 1 aromatic rings. The third-order valence-electron chi connectivity index (χ3n) is 3.98. The van der Waals surface area contributed by atoms with E-state index in [0.29, 0.717) is 30.5 Å². The second kappa shape index (κ2) is 5.48. The van der Waals surface area contributed by atoms with Gasteiger partial charge in [0.15, 0.2) is 12.1 Å². The Kier molecular flexibility index (Phi) is 3.67. The number of aromatic nitrogens is 1. The van der Waals surface area contributed by atoms with Crippen molar-refractivity contribution in [1.82, 2.24) is 14.8 Å². The average molecular weight is 293 g/mol. The number of carbonyl (C=O) groups excluding carboxylic acids is 2. The Morgan fingerprint density at radius 1 is 1.29 bits per heavy atom. The molecule has 0 spiro atoms. The Bertz CT molecular complexity index is 552. The molecule has 2 fully saturated rings. The van der Waals surface area contributed by atoms with E-state index < -0.39 is 6.10 Å². The summed E-state index contributed by atoms with van der Waals surface area (Å²) in [5.41, 5.74) is 0.348. The van der Waals surface area contributed by atoms with Gasteiger partial charge >= 0.3 is 0 Å². The Balaban J connectivity index is 1.74. The van der Waals surface area contributed by atoms with Crippen molar-refractivity contribution in [3.63, 3.8) is 0 Å². The lowest BCUT2D eigenvalue weighted by molar-refractivity contribution is -0.129. The van der Waals surface area contributed by atoms with Gasteiger partial charge in [-0.3, -0.25) is 9.59 Å². The average Bonchev–Trinajstić information content (AvgIpc) is 3.21. The number of oxazole rings is 1. The van der Waals surface area contributed by atoms with Crippen LogP contribution in [0.25, 0.3) is 0 Å². The largest absolute Gasteiger partial charge is 0.447 e. The normalized spacial score (nSPS) is 23.0. The van der Waals surface area contributed by atoms with Crippen LogP contribution in [-0.4, -0.2) is 64.0 Å². The third kappa shape index (κ3) is 2.92. The summed E-state index contributed by atoms with van der Waals surface area (Å²) in [5.74, 6) is 0.637. The van der Waals surface area contributed by atoms with Crippen LogP contribution in [0, 0.1) is 0 Å². The van der Waals surface area contributed by atoms with Crippen LogP contribution < -0.4 is 0 Å². The van der Waals surface area contributed by atoms with Crippen molar-refractivity contribution in [2.24, 2.45) is 0 Å². The van der Waals surface area contributed by atoms with E-state index in [2.05, 4.69) is 4.98 Å². The van der Waals surface area contributed by atoms with Gasteiger partial charge in [0.25, 0.3) is 5.91 Å². The number of carbonyl (C=O) groups is 2. The zero-order valence-corrected chi connectivity index (χ0v) is 12.0. The molecule has 1 aromatic heterocycles. The molecule has 114 valence electrons. The van der Waals surface area contributed by atoms with Gasteiger partial charge in [-0.2, -0.15) is 0 Å². The van der Waals surface area contributed by atoms with Gasteiger partial charge in [-0.05, 0) is 12.8 Å². The van der Waals surface area contributed by atoms with E-state index in [-0.39, 0.29) is 24.9 Å². The van der Waals surface area contributed by atoms with Crippen LogP contribution in [0.3, 0.4) is 0 Å². The predicted molar refractivity (Wildman–Crippen MR) is 72.6 cm³/mol. The fourth-order valence-electron chi connectivity index (χ4n) is 2.66. The van der Waals surface area contributed by atoms with Gasteiger partial charge in [-0.15, -0.1) is 0 Å². The van der Waals surface area contributed by atoms with Gasteiger partial charge in [0, 0.05) is 39.0 Å². The molecule has 1 aliphatic carbocycles. The van der Waals surface area contributed by atoms with Crippen molar-refractivity contribution in [1.29, 1.82) is 0 Å². The Morgan fingerprint density at radius 3 is 2.62 bits per heavy atom. The maximum Gasteiger partial charge on any atom is 0.276 e. The third-order valence-corrected chi connectivity index (χ3v) is 3.98. The van der Waals surface area contributed by atoms with Crippen molar-refractivity contribution in [3.8, 4) is 0 Å². The fraction of sp³-hybridized carbons (Fsp3) is 0.643. The zero-order chi connectivity index (χ0) is 15.0. The number of aliphatic hydroxyl groups excluding tert-OH is 1. The quantitative estimate of drug-likeness (QED) is 0.842. The second-order valence-electron chi connectivity index (χ2n) is 5.71. The van der Waals surface area contributed by atoms with E-state index >= 15 is 0 Å². The number of amides is 2.